The molecule has 0 spiro atoms. The van der Waals surface area contributed by atoms with Gasteiger partial charge in [-0.05, 0) is 23.3 Å². The Balaban J connectivity index is 1.73. The minimum atomic E-state index is -1.36. The lowest BCUT2D eigenvalue weighted by molar-refractivity contribution is -0.129. The Kier molecular flexibility index (Phi) is 5.03. The lowest BCUT2D eigenvalue weighted by atomic mass is 9.82. The minimum absolute atomic E-state index is 0.313. The van der Waals surface area contributed by atoms with E-state index in [9.17, 15) is 14.4 Å². The van der Waals surface area contributed by atoms with E-state index in [1.807, 2.05) is 36.4 Å². The highest BCUT2D eigenvalue weighted by atomic mass is 79.9. The number of Topliss-reactive ketones (excluding diaryl/α,β-unsaturated/α-hetero) is 1. The third-order valence-corrected chi connectivity index (χ3v) is 5.46. The number of carbonyl (C=O) groups excluding carboxylic acids is 3. The van der Waals surface area contributed by atoms with Gasteiger partial charge in [-0.2, -0.15) is 0 Å². The molecule has 0 atom stereocenters. The van der Waals surface area contributed by atoms with Crippen molar-refractivity contribution in [2.75, 3.05) is 6.54 Å². The summed E-state index contributed by atoms with van der Waals surface area (Å²) in [4.78, 5) is 40.1. The number of benzene rings is 3. The molecule has 5 nitrogen and oxygen atoms in total. The maximum absolute atomic E-state index is 13.6. The Morgan fingerprint density at radius 1 is 0.862 bits per heavy atom. The third-order valence-electron chi connectivity index (χ3n) is 4.97. The van der Waals surface area contributed by atoms with Gasteiger partial charge in [0.1, 0.15) is 0 Å². The maximum Gasteiger partial charge on any atom is 0.325 e. The van der Waals surface area contributed by atoms with Gasteiger partial charge in [-0.1, -0.05) is 88.7 Å². The molecule has 0 saturated carbocycles. The van der Waals surface area contributed by atoms with Gasteiger partial charge in [0.25, 0.3) is 5.91 Å². The predicted octanol–water partition coefficient (Wildman–Crippen LogP) is 4.13. The SMILES string of the molecule is O=C(CN1C(=O)NC(c2ccccc2)(c2ccccc2)C1=O)c1cccc(Br)c1. The first-order valence-electron chi connectivity index (χ1n) is 9.06. The number of halogens is 1. The topological polar surface area (TPSA) is 66.5 Å². The largest absolute Gasteiger partial charge is 0.325 e. The van der Waals surface area contributed by atoms with Crippen LogP contribution >= 0.6 is 15.9 Å². The summed E-state index contributed by atoms with van der Waals surface area (Å²) in [7, 11) is 0. The van der Waals surface area contributed by atoms with Crippen LogP contribution in [-0.4, -0.2) is 29.2 Å². The number of nitrogens with one attached hydrogen (secondary N) is 1. The summed E-state index contributed by atoms with van der Waals surface area (Å²) in [5.74, 6) is -0.782. The van der Waals surface area contributed by atoms with Gasteiger partial charge in [-0.15, -0.1) is 0 Å². The molecule has 4 rings (SSSR count). The summed E-state index contributed by atoms with van der Waals surface area (Å²) in [6.45, 7) is -0.331. The molecule has 3 aromatic rings. The summed E-state index contributed by atoms with van der Waals surface area (Å²) >= 11 is 3.33. The zero-order chi connectivity index (χ0) is 20.4. The number of urea groups is 1. The second-order valence-electron chi connectivity index (χ2n) is 6.74. The summed E-state index contributed by atoms with van der Waals surface area (Å²) in [6, 6.07) is 24.4. The first-order valence-corrected chi connectivity index (χ1v) is 9.85. The highest BCUT2D eigenvalue weighted by Crippen LogP contribution is 2.36. The average Bonchev–Trinajstić information content (AvgIpc) is 3.00. The lowest BCUT2D eigenvalue weighted by Gasteiger charge is -2.28. The fourth-order valence-corrected chi connectivity index (χ4v) is 3.95. The third kappa shape index (κ3) is 3.36. The van der Waals surface area contributed by atoms with Crippen LogP contribution in [0.2, 0.25) is 0 Å². The second-order valence-corrected chi connectivity index (χ2v) is 7.65. The zero-order valence-electron chi connectivity index (χ0n) is 15.3. The average molecular weight is 449 g/mol. The summed E-state index contributed by atoms with van der Waals surface area (Å²) < 4.78 is 0.753. The van der Waals surface area contributed by atoms with Crippen molar-refractivity contribution < 1.29 is 14.4 Å². The molecule has 0 aromatic heterocycles. The normalized spacial score (nSPS) is 15.3. The Bertz CT molecular complexity index is 1040. The van der Waals surface area contributed by atoms with Crippen molar-refractivity contribution in [2.24, 2.45) is 0 Å². The van der Waals surface area contributed by atoms with Crippen molar-refractivity contribution in [1.82, 2.24) is 10.2 Å². The number of ketones is 1. The molecule has 1 fully saturated rings. The molecule has 3 aromatic carbocycles. The van der Waals surface area contributed by atoms with Gasteiger partial charge in [0.05, 0.1) is 6.54 Å². The molecule has 1 aliphatic heterocycles. The van der Waals surface area contributed by atoms with Crippen LogP contribution in [0.5, 0.6) is 0 Å². The summed E-state index contributed by atoms with van der Waals surface area (Å²) in [5.41, 5.74) is 0.345. The number of hydrogen-bond donors (Lipinski definition) is 1. The number of rotatable bonds is 5. The van der Waals surface area contributed by atoms with Crippen LogP contribution in [0.1, 0.15) is 21.5 Å². The Morgan fingerprint density at radius 3 is 2.00 bits per heavy atom. The molecule has 144 valence electrons. The molecule has 0 bridgehead atoms. The molecule has 1 heterocycles. The van der Waals surface area contributed by atoms with E-state index in [-0.39, 0.29) is 12.3 Å². The lowest BCUT2D eigenvalue weighted by Crippen LogP contribution is -2.45. The number of amides is 3. The van der Waals surface area contributed by atoms with Crippen LogP contribution in [0.4, 0.5) is 4.79 Å². The van der Waals surface area contributed by atoms with Gasteiger partial charge in [-0.25, -0.2) is 4.79 Å². The van der Waals surface area contributed by atoms with E-state index < -0.39 is 17.5 Å². The Labute approximate surface area is 176 Å². The van der Waals surface area contributed by atoms with Crippen molar-refractivity contribution >= 4 is 33.7 Å². The quantitative estimate of drug-likeness (QED) is 0.471. The van der Waals surface area contributed by atoms with Gasteiger partial charge >= 0.3 is 6.03 Å². The summed E-state index contributed by atoms with van der Waals surface area (Å²) in [6.07, 6.45) is 0. The predicted molar refractivity (Wildman–Crippen MR) is 112 cm³/mol. The molecule has 29 heavy (non-hydrogen) atoms. The van der Waals surface area contributed by atoms with Crippen LogP contribution < -0.4 is 5.32 Å². The van der Waals surface area contributed by atoms with Crippen LogP contribution in [0, 0.1) is 0 Å². The van der Waals surface area contributed by atoms with E-state index in [1.54, 1.807) is 48.5 Å². The molecule has 6 heteroatoms. The van der Waals surface area contributed by atoms with Crippen molar-refractivity contribution in [3.8, 4) is 0 Å². The number of nitrogens with zero attached hydrogens (tertiary/aromatic N) is 1. The van der Waals surface area contributed by atoms with E-state index in [1.165, 1.54) is 0 Å². The smallest absolute Gasteiger partial charge is 0.315 e. The molecular formula is C23H17BrN2O3. The van der Waals surface area contributed by atoms with E-state index >= 15 is 0 Å². The number of hydrogen-bond acceptors (Lipinski definition) is 3. The van der Waals surface area contributed by atoms with Crippen LogP contribution in [0.15, 0.2) is 89.4 Å². The molecule has 0 aliphatic carbocycles. The van der Waals surface area contributed by atoms with Gasteiger partial charge in [0.15, 0.2) is 11.3 Å². The van der Waals surface area contributed by atoms with Crippen molar-refractivity contribution in [2.45, 2.75) is 5.54 Å². The highest BCUT2D eigenvalue weighted by Gasteiger charge is 2.53. The molecule has 3 amide bonds. The van der Waals surface area contributed by atoms with Gasteiger partial charge in [0, 0.05) is 10.0 Å². The zero-order valence-corrected chi connectivity index (χ0v) is 16.9. The molecule has 0 radical (unpaired) electrons. The van der Waals surface area contributed by atoms with Crippen molar-refractivity contribution in [3.63, 3.8) is 0 Å². The standard InChI is InChI=1S/C23H17BrN2O3/c24-19-13-7-8-16(14-19)20(27)15-26-21(28)23(25-22(26)29,17-9-3-1-4-10-17)18-11-5-2-6-12-18/h1-14H,15H2,(H,25,29). The van der Waals surface area contributed by atoms with Crippen molar-refractivity contribution in [3.05, 3.63) is 106 Å². The number of imide groups is 1. The summed E-state index contributed by atoms with van der Waals surface area (Å²) in [5, 5.41) is 2.84. The molecule has 1 saturated heterocycles. The Hall–Kier alpha value is -3.25. The molecule has 1 N–H and O–H groups in total. The fraction of sp³-hybridized carbons (Fsp3) is 0.0870. The van der Waals surface area contributed by atoms with Gasteiger partial charge in [0.2, 0.25) is 0 Å². The maximum atomic E-state index is 13.6. The van der Waals surface area contributed by atoms with Crippen LogP contribution in [-0.2, 0) is 10.3 Å². The van der Waals surface area contributed by atoms with E-state index in [0.29, 0.717) is 16.7 Å². The van der Waals surface area contributed by atoms with Crippen molar-refractivity contribution in [1.29, 1.82) is 0 Å². The Morgan fingerprint density at radius 2 is 1.45 bits per heavy atom. The van der Waals surface area contributed by atoms with Crippen LogP contribution in [0.3, 0.4) is 0 Å². The second kappa shape index (κ2) is 7.64. The molecular weight excluding hydrogens is 432 g/mol. The fourth-order valence-electron chi connectivity index (χ4n) is 3.55. The van der Waals surface area contributed by atoms with Crippen LogP contribution in [0.25, 0.3) is 0 Å². The van der Waals surface area contributed by atoms with Gasteiger partial charge in [-0.3, -0.25) is 14.5 Å². The monoisotopic (exact) mass is 448 g/mol. The first kappa shape index (κ1) is 19.1. The molecule has 1 aliphatic rings. The van der Waals surface area contributed by atoms with E-state index in [2.05, 4.69) is 21.2 Å². The van der Waals surface area contributed by atoms with E-state index in [4.69, 9.17) is 0 Å². The highest BCUT2D eigenvalue weighted by molar-refractivity contribution is 9.10. The molecule has 0 unspecified atom stereocenters. The van der Waals surface area contributed by atoms with Gasteiger partial charge < -0.3 is 5.32 Å². The number of carbonyl (C=O) groups is 3. The minimum Gasteiger partial charge on any atom is -0.315 e. The first-order chi connectivity index (χ1) is 14.0. The van der Waals surface area contributed by atoms with E-state index in [0.717, 1.165) is 9.37 Å².